The van der Waals surface area contributed by atoms with Crippen LogP contribution in [0, 0.1) is 0 Å². The summed E-state index contributed by atoms with van der Waals surface area (Å²) in [6.45, 7) is -0.250. The molecule has 0 aromatic heterocycles. The Morgan fingerprint density at radius 3 is 1.33 bits per heavy atom. The molecule has 0 amide bonds. The first-order chi connectivity index (χ1) is 12.7. The zero-order valence-electron chi connectivity index (χ0n) is 15.3. The molecule has 10 saturated heterocycles. The molecule has 27 heavy (non-hydrogen) atoms. The van der Waals surface area contributed by atoms with Gasteiger partial charge in [0.1, 0.15) is 0 Å². The van der Waals surface area contributed by atoms with Crippen molar-refractivity contribution in [2.45, 2.75) is 73.8 Å². The van der Waals surface area contributed by atoms with E-state index in [1.165, 1.54) is 0 Å². The first-order valence-electron chi connectivity index (χ1n) is 10.3. The van der Waals surface area contributed by atoms with Gasteiger partial charge in [-0.05, 0) is 0 Å². The van der Waals surface area contributed by atoms with Gasteiger partial charge in [-0.15, -0.1) is 0 Å². The van der Waals surface area contributed by atoms with Crippen LogP contribution in [-0.4, -0.2) is 36.7 Å². The number of hydrogen-bond donors (Lipinski definition) is 0. The van der Waals surface area contributed by atoms with Gasteiger partial charge in [0.15, 0.2) is 0 Å². The van der Waals surface area contributed by atoms with Gasteiger partial charge in [0.05, 0.1) is 0 Å². The average Bonchev–Trinajstić information content (AvgIpc) is 3.54. The number of rotatable bonds is 8. The zero-order chi connectivity index (χ0) is 18.5. The summed E-state index contributed by atoms with van der Waals surface area (Å²) in [5.41, 5.74) is 0. The number of ketones is 2. The maximum atomic E-state index is 13.7. The van der Waals surface area contributed by atoms with Crippen molar-refractivity contribution in [3.05, 3.63) is 0 Å². The number of ether oxygens (including phenoxy) is 2. The second kappa shape index (κ2) is 1.47. The van der Waals surface area contributed by atoms with Crippen LogP contribution in [0.1, 0.15) is 26.7 Å². The van der Waals surface area contributed by atoms with Crippen LogP contribution < -0.4 is 0 Å². The third-order valence-electron chi connectivity index (χ3n) is 16.9. The van der Waals surface area contributed by atoms with E-state index in [2.05, 4.69) is 0 Å². The summed E-state index contributed by atoms with van der Waals surface area (Å²) >= 11 is 0. The molecule has 0 saturated carbocycles. The number of carbonyl (C=O) groups excluding carboxylic acids is 4. The van der Waals surface area contributed by atoms with Gasteiger partial charge in [0, 0.05) is 0 Å². The van der Waals surface area contributed by atoms with Crippen LogP contribution >= 0.6 is 0 Å². The summed E-state index contributed by atoms with van der Waals surface area (Å²) in [7, 11) is 0. The van der Waals surface area contributed by atoms with Crippen molar-refractivity contribution in [3.8, 4) is 0 Å². The molecule has 4 unspecified atom stereocenters. The van der Waals surface area contributed by atoms with Gasteiger partial charge in [0.2, 0.25) is 0 Å². The van der Waals surface area contributed by atoms with Crippen molar-refractivity contribution in [2.75, 3.05) is 13.2 Å². The minimum absolute atomic E-state index is 0.0552. The predicted molar refractivity (Wildman–Crippen MR) is 87.9 cm³/mol. The van der Waals surface area contributed by atoms with E-state index in [0.717, 1.165) is 28.9 Å². The Kier molecular flexibility index (Phi) is 0.713. The van der Waals surface area contributed by atoms with E-state index in [1.807, 2.05) is 0 Å². The van der Waals surface area contributed by atoms with Crippen LogP contribution in [0.3, 0.4) is 0 Å². The number of hydrogen-bond acceptors (Lipinski definition) is 6. The van der Waals surface area contributed by atoms with Crippen molar-refractivity contribution in [3.63, 3.8) is 0 Å². The number of fused-ring (bicyclic) bond motifs is 10. The summed E-state index contributed by atoms with van der Waals surface area (Å²) in [5, 5.41) is 0. The fourth-order valence-electron chi connectivity index (χ4n) is 19.1. The van der Waals surface area contributed by atoms with E-state index in [-0.39, 0.29) is 37.6 Å². The van der Waals surface area contributed by atoms with E-state index in [1.54, 1.807) is 13.8 Å². The average molecular weight is 414 g/mol. The van der Waals surface area contributed by atoms with Crippen LogP contribution in [-0.2, 0) is 35.2 Å². The Labute approximate surface area is 146 Å². The zero-order valence-corrected chi connectivity index (χ0v) is 16.4. The first-order valence-corrected chi connectivity index (χ1v) is 16.5. The molecule has 6 nitrogen and oxygen atoms in total. The van der Waals surface area contributed by atoms with Gasteiger partial charge in [-0.25, -0.2) is 0 Å². The Balaban J connectivity index is 1.19. The third-order valence-corrected chi connectivity index (χ3v) is 59.7. The number of carbonyl (C=O) groups is 4. The Hall–Kier alpha value is -1.20. The molecule has 0 bridgehead atoms. The predicted octanol–water partition coefficient (Wildman–Crippen LogP) is 3.16. The van der Waals surface area contributed by atoms with Gasteiger partial charge < -0.3 is 0 Å². The fourth-order valence-corrected chi connectivity index (χ4v) is 95.0. The van der Waals surface area contributed by atoms with Crippen molar-refractivity contribution < 1.29 is 35.2 Å². The second-order valence-corrected chi connectivity index (χ2v) is 35.8. The SMILES string of the molecule is CCOC(=O)CC(=O)[C]12[CH]3[CH]4[CH]5[C]1(C(=O)CC(=O)OCC)[Fe]43521678[CH]2[CH]1[CH]6[CH]7[CH]28. The molecule has 0 N–H and O–H groups in total. The van der Waals surface area contributed by atoms with E-state index in [0.29, 0.717) is 9.63 Å². The van der Waals surface area contributed by atoms with Crippen LogP contribution in [0.15, 0.2) is 0 Å². The molecule has 0 aromatic carbocycles. The van der Waals surface area contributed by atoms with E-state index < -0.39 is 27.1 Å². The molecule has 10 rings (SSSR count). The molecular formula is C20H22FeO6. The van der Waals surface area contributed by atoms with Crippen molar-refractivity contribution in [2.24, 2.45) is 0 Å². The molecule has 10 heterocycles. The van der Waals surface area contributed by atoms with Gasteiger partial charge in [-0.1, -0.05) is 0 Å². The fraction of sp³-hybridized carbons (Fsp3) is 0.800. The molecule has 1 spiro atoms. The summed E-state index contributed by atoms with van der Waals surface area (Å²) in [5.74, 6) is -0.766. The van der Waals surface area contributed by atoms with Gasteiger partial charge in [-0.3, -0.25) is 0 Å². The van der Waals surface area contributed by atoms with Gasteiger partial charge in [-0.2, -0.15) is 0 Å². The quantitative estimate of drug-likeness (QED) is 0.345. The van der Waals surface area contributed by atoms with Crippen LogP contribution in [0.5, 0.6) is 0 Å². The van der Waals surface area contributed by atoms with Crippen molar-refractivity contribution in [1.82, 2.24) is 0 Å². The minimum atomic E-state index is -4.29. The van der Waals surface area contributed by atoms with Crippen LogP contribution in [0.25, 0.3) is 0 Å². The van der Waals surface area contributed by atoms with Crippen molar-refractivity contribution in [1.29, 1.82) is 0 Å². The standard InChI is InChI=1S/C15H17O6.C5H5.Fe/c1-3-20-14(18)8-12(16)10-6-5-7-11(10)13(17)9-15(19)21-4-2;1-2-4-5-3-1;/h5-7H,3-4,8-9H2,1-2H3;1-5H;. The molecular weight excluding hydrogens is 392 g/mol. The number of Topliss-reactive ketones (excluding diaryl/α,β-unsaturated/α-hetero) is 2. The van der Waals surface area contributed by atoms with Gasteiger partial charge in [0.25, 0.3) is 0 Å². The second-order valence-electron chi connectivity index (χ2n) is 12.6. The number of esters is 2. The summed E-state index contributed by atoms with van der Waals surface area (Å²) < 4.78 is 9.32. The van der Waals surface area contributed by atoms with Gasteiger partial charge >= 0.3 is 146 Å². The van der Waals surface area contributed by atoms with Crippen molar-refractivity contribution >= 4 is 23.5 Å². The summed E-state index contributed by atoms with van der Waals surface area (Å²) in [6.07, 6.45) is -0.315. The molecule has 10 aliphatic rings. The summed E-state index contributed by atoms with van der Waals surface area (Å²) in [6, 6.07) is 0. The third kappa shape index (κ3) is 0.203. The molecule has 146 valence electrons. The molecule has 0 aliphatic carbocycles. The molecule has 10 fully saturated rings. The maximum absolute atomic E-state index is 13.7. The van der Waals surface area contributed by atoms with Crippen LogP contribution in [0.4, 0.5) is 0 Å². The molecule has 0 aromatic rings. The molecule has 7 heteroatoms. The first kappa shape index (κ1) is 13.1. The molecule has 4 atom stereocenters. The molecule has 0 radical (unpaired) electrons. The van der Waals surface area contributed by atoms with E-state index in [9.17, 15) is 19.2 Å². The molecule has 10 aliphatic heterocycles. The normalized spacial score (nSPS) is 81.4. The van der Waals surface area contributed by atoms with E-state index in [4.69, 9.17) is 9.47 Å². The monoisotopic (exact) mass is 414 g/mol. The van der Waals surface area contributed by atoms with E-state index >= 15 is 0 Å². The Morgan fingerprint density at radius 1 is 0.704 bits per heavy atom. The van der Waals surface area contributed by atoms with Crippen LogP contribution in [0.2, 0.25) is 47.2 Å². The topological polar surface area (TPSA) is 86.7 Å². The Morgan fingerprint density at radius 2 is 1.07 bits per heavy atom. The summed E-state index contributed by atoms with van der Waals surface area (Å²) in [4.78, 5) is 57.1. The Bertz CT molecular complexity index is 1270.